The monoisotopic (exact) mass is 321 g/mol. The summed E-state index contributed by atoms with van der Waals surface area (Å²) in [7, 11) is 0. The maximum atomic E-state index is 4.87. The highest BCUT2D eigenvalue weighted by Crippen LogP contribution is 2.21. The number of aromatic nitrogens is 4. The fourth-order valence-electron chi connectivity index (χ4n) is 2.35. The molecule has 3 N–H and O–H groups in total. The molecule has 0 spiro atoms. The lowest BCUT2D eigenvalue weighted by Crippen LogP contribution is -2.30. The molecule has 0 amide bonds. The summed E-state index contributed by atoms with van der Waals surface area (Å²) in [6.45, 7) is 2.03. The standard InChI is InChI=1S/C16H15N7O/c1-10-15(9-18-22-10)21-16-17-7-5-13(20-16)11-3-2-4-12(19-11)14-6-8-24-23-14/h2-10,18,22H,1H3,(H,17,20,21). The molecule has 0 saturated heterocycles. The van der Waals surface area contributed by atoms with E-state index in [1.807, 2.05) is 37.4 Å². The van der Waals surface area contributed by atoms with Crippen LogP contribution in [0.15, 0.2) is 59.2 Å². The lowest BCUT2D eigenvalue weighted by atomic mass is 10.2. The van der Waals surface area contributed by atoms with Crippen molar-refractivity contribution in [1.82, 2.24) is 31.0 Å². The Morgan fingerprint density at radius 3 is 2.62 bits per heavy atom. The van der Waals surface area contributed by atoms with Crippen molar-refractivity contribution >= 4 is 5.95 Å². The Morgan fingerprint density at radius 2 is 1.88 bits per heavy atom. The van der Waals surface area contributed by atoms with Gasteiger partial charge in [0.05, 0.1) is 28.8 Å². The molecule has 0 saturated carbocycles. The van der Waals surface area contributed by atoms with Gasteiger partial charge in [0.1, 0.15) is 12.0 Å². The topological polar surface area (TPSA) is 101 Å². The Bertz CT molecular complexity index is 876. The number of nitrogens with zero attached hydrogens (tertiary/aromatic N) is 4. The van der Waals surface area contributed by atoms with Crippen LogP contribution in [0.5, 0.6) is 0 Å². The third kappa shape index (κ3) is 2.82. The molecule has 120 valence electrons. The van der Waals surface area contributed by atoms with Crippen molar-refractivity contribution in [3.63, 3.8) is 0 Å². The third-order valence-electron chi connectivity index (χ3n) is 3.62. The van der Waals surface area contributed by atoms with Crippen molar-refractivity contribution in [2.45, 2.75) is 13.0 Å². The van der Waals surface area contributed by atoms with Crippen molar-refractivity contribution in [3.05, 3.63) is 54.7 Å². The lowest BCUT2D eigenvalue weighted by molar-refractivity contribution is 0.422. The van der Waals surface area contributed by atoms with Crippen LogP contribution in [-0.4, -0.2) is 26.2 Å². The maximum Gasteiger partial charge on any atom is 0.227 e. The minimum atomic E-state index is 0.158. The first-order valence-corrected chi connectivity index (χ1v) is 7.49. The van der Waals surface area contributed by atoms with E-state index in [0.717, 1.165) is 22.8 Å². The number of anilines is 1. The Kier molecular flexibility index (Phi) is 3.64. The van der Waals surface area contributed by atoms with E-state index in [9.17, 15) is 0 Å². The molecule has 0 bridgehead atoms. The Hall–Kier alpha value is -3.26. The molecule has 4 rings (SSSR count). The van der Waals surface area contributed by atoms with Gasteiger partial charge in [0.2, 0.25) is 5.95 Å². The van der Waals surface area contributed by atoms with Gasteiger partial charge in [0.15, 0.2) is 0 Å². The van der Waals surface area contributed by atoms with Crippen LogP contribution in [0.3, 0.4) is 0 Å². The van der Waals surface area contributed by atoms with Gasteiger partial charge in [-0.15, -0.1) is 0 Å². The molecule has 3 aromatic rings. The summed E-state index contributed by atoms with van der Waals surface area (Å²) >= 11 is 0. The summed E-state index contributed by atoms with van der Waals surface area (Å²) in [4.78, 5) is 13.4. The van der Waals surface area contributed by atoms with Crippen molar-refractivity contribution < 1.29 is 4.52 Å². The van der Waals surface area contributed by atoms with Gasteiger partial charge < -0.3 is 15.3 Å². The van der Waals surface area contributed by atoms with E-state index >= 15 is 0 Å². The van der Waals surface area contributed by atoms with Crippen molar-refractivity contribution in [3.8, 4) is 22.8 Å². The number of hydrazine groups is 1. The molecule has 4 heterocycles. The van der Waals surface area contributed by atoms with Crippen LogP contribution in [0, 0.1) is 0 Å². The first-order chi connectivity index (χ1) is 11.8. The van der Waals surface area contributed by atoms with Crippen LogP contribution in [0.2, 0.25) is 0 Å². The second-order valence-electron chi connectivity index (χ2n) is 5.29. The quantitative estimate of drug-likeness (QED) is 0.670. The predicted octanol–water partition coefficient (Wildman–Crippen LogP) is 1.94. The largest absolute Gasteiger partial charge is 0.364 e. The van der Waals surface area contributed by atoms with Crippen LogP contribution in [0.1, 0.15) is 6.92 Å². The van der Waals surface area contributed by atoms with E-state index in [1.54, 1.807) is 12.3 Å². The van der Waals surface area contributed by atoms with Crippen LogP contribution in [-0.2, 0) is 0 Å². The van der Waals surface area contributed by atoms with Gasteiger partial charge >= 0.3 is 0 Å². The van der Waals surface area contributed by atoms with Crippen LogP contribution < -0.4 is 16.2 Å². The summed E-state index contributed by atoms with van der Waals surface area (Å²) in [6, 6.07) is 9.44. The molecule has 1 atom stereocenters. The molecule has 8 nitrogen and oxygen atoms in total. The summed E-state index contributed by atoms with van der Waals surface area (Å²) in [5.41, 5.74) is 9.88. The molecule has 0 aromatic carbocycles. The van der Waals surface area contributed by atoms with Crippen molar-refractivity contribution in [1.29, 1.82) is 0 Å². The van der Waals surface area contributed by atoms with Crippen LogP contribution >= 0.6 is 0 Å². The highest BCUT2D eigenvalue weighted by Gasteiger charge is 2.15. The molecule has 3 aromatic heterocycles. The molecule has 1 aliphatic heterocycles. The van der Waals surface area contributed by atoms with E-state index in [2.05, 4.69) is 36.3 Å². The fourth-order valence-corrected chi connectivity index (χ4v) is 2.35. The van der Waals surface area contributed by atoms with Gasteiger partial charge in [-0.1, -0.05) is 11.2 Å². The fraction of sp³-hybridized carbons (Fsp3) is 0.125. The zero-order valence-corrected chi connectivity index (χ0v) is 12.9. The first kappa shape index (κ1) is 14.3. The molecule has 1 aliphatic rings. The molecule has 0 fully saturated rings. The van der Waals surface area contributed by atoms with Gasteiger partial charge in [-0.2, -0.15) is 0 Å². The van der Waals surface area contributed by atoms with Gasteiger partial charge in [-0.25, -0.2) is 20.4 Å². The lowest BCUT2D eigenvalue weighted by Gasteiger charge is -2.10. The highest BCUT2D eigenvalue weighted by molar-refractivity contribution is 5.62. The van der Waals surface area contributed by atoms with E-state index in [0.29, 0.717) is 11.6 Å². The normalized spacial score (nSPS) is 16.5. The van der Waals surface area contributed by atoms with E-state index < -0.39 is 0 Å². The zero-order chi connectivity index (χ0) is 16.4. The Morgan fingerprint density at radius 1 is 1.04 bits per heavy atom. The minimum absolute atomic E-state index is 0.158. The molecular weight excluding hydrogens is 306 g/mol. The summed E-state index contributed by atoms with van der Waals surface area (Å²) in [5, 5.41) is 7.11. The predicted molar refractivity (Wildman–Crippen MR) is 88.2 cm³/mol. The Balaban J connectivity index is 1.63. The molecule has 0 radical (unpaired) electrons. The number of hydrogen-bond donors (Lipinski definition) is 3. The first-order valence-electron chi connectivity index (χ1n) is 7.49. The average molecular weight is 321 g/mol. The molecular formula is C16H15N7O. The highest BCUT2D eigenvalue weighted by atomic mass is 16.5. The van der Waals surface area contributed by atoms with E-state index in [1.165, 1.54) is 6.26 Å². The van der Waals surface area contributed by atoms with Gasteiger partial charge in [-0.05, 0) is 25.1 Å². The maximum absolute atomic E-state index is 4.87. The summed E-state index contributed by atoms with van der Waals surface area (Å²) < 4.78 is 4.87. The van der Waals surface area contributed by atoms with Gasteiger partial charge in [-0.3, -0.25) is 0 Å². The molecule has 0 aliphatic carbocycles. The third-order valence-corrected chi connectivity index (χ3v) is 3.62. The SMILES string of the molecule is CC1NNC=C1Nc1nccc(-c2cccc(-c3ccon3)n2)n1. The van der Waals surface area contributed by atoms with Gasteiger partial charge in [0.25, 0.3) is 0 Å². The van der Waals surface area contributed by atoms with Crippen molar-refractivity contribution in [2.75, 3.05) is 5.32 Å². The summed E-state index contributed by atoms with van der Waals surface area (Å²) in [6.07, 6.45) is 5.08. The van der Waals surface area contributed by atoms with Gasteiger partial charge in [0, 0.05) is 18.5 Å². The second kappa shape index (κ2) is 6.09. The Labute approximate surface area is 138 Å². The van der Waals surface area contributed by atoms with Crippen LogP contribution in [0.4, 0.5) is 5.95 Å². The zero-order valence-electron chi connectivity index (χ0n) is 12.9. The molecule has 24 heavy (non-hydrogen) atoms. The molecule has 1 unspecified atom stereocenters. The number of pyridine rings is 1. The van der Waals surface area contributed by atoms with Crippen molar-refractivity contribution in [2.24, 2.45) is 0 Å². The van der Waals surface area contributed by atoms with Crippen LogP contribution in [0.25, 0.3) is 22.8 Å². The van der Waals surface area contributed by atoms with E-state index in [4.69, 9.17) is 4.52 Å². The summed E-state index contributed by atoms with van der Waals surface area (Å²) in [5.74, 6) is 0.518. The number of hydrogen-bond acceptors (Lipinski definition) is 8. The van der Waals surface area contributed by atoms with E-state index in [-0.39, 0.29) is 6.04 Å². The minimum Gasteiger partial charge on any atom is -0.364 e. The molecule has 8 heteroatoms. The second-order valence-corrected chi connectivity index (χ2v) is 5.29. The smallest absolute Gasteiger partial charge is 0.227 e. The number of rotatable bonds is 4. The number of nitrogens with one attached hydrogen (secondary N) is 3. The average Bonchev–Trinajstić information content (AvgIpc) is 3.28.